The van der Waals surface area contributed by atoms with Crippen molar-refractivity contribution in [2.24, 2.45) is 5.73 Å². The largest absolute Gasteiger partial charge is 0.463 e. The van der Waals surface area contributed by atoms with Crippen LogP contribution >= 0.6 is 0 Å². The van der Waals surface area contributed by atoms with E-state index in [0.29, 0.717) is 19.4 Å². The number of hydrogen-bond acceptors (Lipinski definition) is 8. The van der Waals surface area contributed by atoms with Crippen LogP contribution in [0.1, 0.15) is 143 Å². The van der Waals surface area contributed by atoms with Gasteiger partial charge < -0.3 is 37.1 Å². The predicted octanol–water partition coefficient (Wildman–Crippen LogP) is 3.03. The molecule has 1 fully saturated rings. The van der Waals surface area contributed by atoms with E-state index in [9.17, 15) is 28.8 Å². The van der Waals surface area contributed by atoms with Gasteiger partial charge in [0.05, 0.1) is 18.5 Å². The molecule has 13 nitrogen and oxygen atoms in total. The van der Waals surface area contributed by atoms with Gasteiger partial charge in [0.25, 0.3) is 0 Å². The fraction of sp³-hybridized carbons (Fsp3) is 0.829. The van der Waals surface area contributed by atoms with Crippen molar-refractivity contribution in [3.8, 4) is 0 Å². The first-order chi connectivity index (χ1) is 23.0. The van der Waals surface area contributed by atoms with Gasteiger partial charge in [0.1, 0.15) is 6.61 Å². The number of hydrogen-bond donors (Lipinski definition) is 6. The maximum atomic E-state index is 12.8. The Labute approximate surface area is 287 Å². The van der Waals surface area contributed by atoms with Crippen molar-refractivity contribution in [3.05, 3.63) is 0 Å². The number of rotatable bonds is 28. The minimum absolute atomic E-state index is 0.00773. The summed E-state index contributed by atoms with van der Waals surface area (Å²) in [5.41, 5.74) is 5.60. The lowest BCUT2D eigenvalue weighted by Gasteiger charge is -2.22. The molecule has 13 heteroatoms. The van der Waals surface area contributed by atoms with Gasteiger partial charge in [-0.15, -0.1) is 0 Å². The van der Waals surface area contributed by atoms with Crippen LogP contribution in [0.15, 0.2) is 0 Å². The van der Waals surface area contributed by atoms with Crippen LogP contribution in [0.3, 0.4) is 0 Å². The Balaban J connectivity index is 2.39. The van der Waals surface area contributed by atoms with Crippen LogP contribution < -0.4 is 32.3 Å². The van der Waals surface area contributed by atoms with Crippen molar-refractivity contribution >= 4 is 35.5 Å². The minimum Gasteiger partial charge on any atom is -0.463 e. The Bertz CT molecular complexity index is 979. The molecule has 1 saturated heterocycles. The molecule has 0 aliphatic carbocycles. The number of cyclic esters (lactones) is 1. The van der Waals surface area contributed by atoms with Crippen LogP contribution in [0.2, 0.25) is 0 Å². The average Bonchev–Trinajstić information content (AvgIpc) is 3.41. The summed E-state index contributed by atoms with van der Waals surface area (Å²) >= 11 is 0. The van der Waals surface area contributed by atoms with E-state index < -0.39 is 18.1 Å². The van der Waals surface area contributed by atoms with E-state index in [-0.39, 0.29) is 80.4 Å². The molecule has 48 heavy (non-hydrogen) atoms. The molecule has 0 aromatic heterocycles. The van der Waals surface area contributed by atoms with Gasteiger partial charge in [-0.25, -0.2) is 0 Å². The molecule has 0 radical (unpaired) electrons. The number of ether oxygens (including phenoxy) is 1. The van der Waals surface area contributed by atoms with E-state index in [1.54, 1.807) is 6.92 Å². The first-order valence-corrected chi connectivity index (χ1v) is 18.3. The lowest BCUT2D eigenvalue weighted by atomic mass is 10.0. The molecule has 0 spiro atoms. The van der Waals surface area contributed by atoms with E-state index in [1.807, 2.05) is 0 Å². The highest BCUT2D eigenvalue weighted by Crippen LogP contribution is 2.12. The Hall–Kier alpha value is -3.22. The molecular weight excluding hydrogens is 616 g/mol. The van der Waals surface area contributed by atoms with Gasteiger partial charge >= 0.3 is 5.97 Å². The van der Waals surface area contributed by atoms with Crippen LogP contribution in [0.25, 0.3) is 0 Å². The zero-order chi connectivity index (χ0) is 35.6. The molecule has 1 heterocycles. The summed E-state index contributed by atoms with van der Waals surface area (Å²) in [4.78, 5) is 73.6. The Morgan fingerprint density at radius 1 is 0.750 bits per heavy atom. The van der Waals surface area contributed by atoms with Crippen molar-refractivity contribution in [2.45, 2.75) is 167 Å². The molecule has 276 valence electrons. The number of carbonyl (C=O) groups is 6. The predicted molar refractivity (Wildman–Crippen MR) is 185 cm³/mol. The van der Waals surface area contributed by atoms with Crippen molar-refractivity contribution in [2.75, 3.05) is 19.7 Å². The zero-order valence-electron chi connectivity index (χ0n) is 29.8. The fourth-order valence-corrected chi connectivity index (χ4v) is 5.79. The van der Waals surface area contributed by atoms with Crippen molar-refractivity contribution in [3.63, 3.8) is 0 Å². The van der Waals surface area contributed by atoms with Crippen LogP contribution in [-0.2, 0) is 33.5 Å². The first-order valence-electron chi connectivity index (χ1n) is 18.3. The summed E-state index contributed by atoms with van der Waals surface area (Å²) in [5, 5.41) is 14.0. The second kappa shape index (κ2) is 26.7. The summed E-state index contributed by atoms with van der Waals surface area (Å²) in [5.74, 6) is -1.73. The summed E-state index contributed by atoms with van der Waals surface area (Å²) < 4.78 is 4.89. The molecule has 0 aromatic carbocycles. The number of carbonyl (C=O) groups excluding carboxylic acids is 6. The maximum absolute atomic E-state index is 12.8. The minimum atomic E-state index is -0.587. The Morgan fingerprint density at radius 2 is 1.35 bits per heavy atom. The van der Waals surface area contributed by atoms with Gasteiger partial charge in [-0.3, -0.25) is 28.8 Å². The molecule has 7 N–H and O–H groups in total. The van der Waals surface area contributed by atoms with Crippen molar-refractivity contribution in [1.29, 1.82) is 0 Å². The first kappa shape index (κ1) is 42.8. The molecule has 1 rings (SSSR count). The third kappa shape index (κ3) is 23.2. The lowest BCUT2D eigenvalue weighted by molar-refractivity contribution is -0.138. The highest BCUT2D eigenvalue weighted by molar-refractivity contribution is 5.83. The highest BCUT2D eigenvalue weighted by atomic mass is 16.5. The van der Waals surface area contributed by atoms with Crippen molar-refractivity contribution < 1.29 is 33.5 Å². The Morgan fingerprint density at radius 3 is 1.94 bits per heavy atom. The van der Waals surface area contributed by atoms with E-state index in [2.05, 4.69) is 33.5 Å². The van der Waals surface area contributed by atoms with Gasteiger partial charge in [-0.2, -0.15) is 0 Å². The van der Waals surface area contributed by atoms with Gasteiger partial charge in [0, 0.05) is 51.2 Å². The molecule has 4 unspecified atom stereocenters. The smallest absolute Gasteiger partial charge is 0.308 e. The highest BCUT2D eigenvalue weighted by Gasteiger charge is 2.27. The van der Waals surface area contributed by atoms with Crippen LogP contribution in [-0.4, -0.2) is 79.4 Å². The van der Waals surface area contributed by atoms with E-state index in [1.165, 1.54) is 58.3 Å². The molecule has 0 bridgehead atoms. The summed E-state index contributed by atoms with van der Waals surface area (Å²) in [6, 6.07) is -1.89. The van der Waals surface area contributed by atoms with Crippen molar-refractivity contribution in [1.82, 2.24) is 26.6 Å². The molecule has 0 saturated carbocycles. The average molecular weight is 681 g/mol. The second-order valence-corrected chi connectivity index (χ2v) is 13.3. The Kier molecular flexibility index (Phi) is 23.8. The quantitative estimate of drug-likeness (QED) is 0.0535. The topological polar surface area (TPSA) is 198 Å². The zero-order valence-corrected chi connectivity index (χ0v) is 29.8. The third-order valence-electron chi connectivity index (χ3n) is 8.32. The van der Waals surface area contributed by atoms with Gasteiger partial charge in [-0.1, -0.05) is 77.6 Å². The fourth-order valence-electron chi connectivity index (χ4n) is 5.79. The van der Waals surface area contributed by atoms with Gasteiger partial charge in [0.2, 0.25) is 29.5 Å². The lowest BCUT2D eigenvalue weighted by Crippen LogP contribution is -2.47. The summed E-state index contributed by atoms with van der Waals surface area (Å²) in [7, 11) is 0. The number of esters is 1. The van der Waals surface area contributed by atoms with Crippen LogP contribution in [0, 0.1) is 0 Å². The van der Waals surface area contributed by atoms with Crippen LogP contribution in [0.4, 0.5) is 0 Å². The van der Waals surface area contributed by atoms with Gasteiger partial charge in [0.15, 0.2) is 0 Å². The second-order valence-electron chi connectivity index (χ2n) is 13.3. The molecule has 4 atom stereocenters. The van der Waals surface area contributed by atoms with Gasteiger partial charge in [-0.05, 0) is 32.7 Å². The summed E-state index contributed by atoms with van der Waals surface area (Å²) in [6.07, 6.45) is 15.8. The monoisotopic (exact) mass is 680 g/mol. The van der Waals surface area contributed by atoms with E-state index in [4.69, 9.17) is 10.5 Å². The van der Waals surface area contributed by atoms with E-state index >= 15 is 0 Å². The number of nitrogens with two attached hydrogens (primary N) is 1. The third-order valence-corrected chi connectivity index (χ3v) is 8.32. The molecule has 0 aromatic rings. The van der Waals surface area contributed by atoms with Crippen LogP contribution in [0.5, 0.6) is 0 Å². The molecule has 1 aliphatic heterocycles. The molecule has 1 aliphatic rings. The van der Waals surface area contributed by atoms with E-state index in [0.717, 1.165) is 32.1 Å². The molecular formula is C35H64N6O7. The summed E-state index contributed by atoms with van der Waals surface area (Å²) in [6.45, 7) is 6.06. The number of amides is 5. The standard InChI is InChI=1S/C35H64N6O7/c1-4-5-6-7-8-9-10-11-12-13-14-18-31(43)37-24-29(39-27(3)42)22-33(45)38-26(2)20-32(44)40-28(17-15-16-19-36)21-34(46)41-30-23-35(47)48-25-30/h26,28-30H,4-25,36H2,1-3H3,(H,37,43)(H,38,45)(H,39,42)(H,40,44)(H,41,46). The maximum Gasteiger partial charge on any atom is 0.308 e. The number of unbranched alkanes of at least 4 members (excludes halogenated alkanes) is 11. The normalized spacial score (nSPS) is 15.9. The number of nitrogens with one attached hydrogen (secondary N) is 5. The molecule has 5 amide bonds. The SMILES string of the molecule is CCCCCCCCCCCCCC(=O)NCC(CC(=O)NC(C)CC(=O)NC(CCCCN)CC(=O)NC1COC(=O)C1)NC(C)=O.